The predicted molar refractivity (Wildman–Crippen MR) is 194 cm³/mol. The first-order valence-corrected chi connectivity index (χ1v) is 19.1. The Morgan fingerprint density at radius 2 is 1.04 bits per heavy atom. The average molecular weight is 665 g/mol. The highest BCUT2D eigenvalue weighted by Gasteiger charge is 2.16. The first-order valence-electron chi connectivity index (χ1n) is 19.1. The van der Waals surface area contributed by atoms with Crippen LogP contribution in [0, 0.1) is 5.92 Å². The summed E-state index contributed by atoms with van der Waals surface area (Å²) in [5.74, 6) is -0.0188. The monoisotopic (exact) mass is 665 g/mol. The number of allylic oxidation sites excluding steroid dienone is 5. The van der Waals surface area contributed by atoms with Gasteiger partial charge in [0.15, 0.2) is 0 Å². The van der Waals surface area contributed by atoms with E-state index in [0.29, 0.717) is 19.3 Å². The van der Waals surface area contributed by atoms with Crippen LogP contribution in [0.15, 0.2) is 36.5 Å². The van der Waals surface area contributed by atoms with Gasteiger partial charge in [-0.2, -0.15) is 0 Å². The zero-order valence-corrected chi connectivity index (χ0v) is 30.4. The van der Waals surface area contributed by atoms with Crippen molar-refractivity contribution in [1.29, 1.82) is 0 Å². The standard InChI is InChI=1S/C40H72O7/c1-4-5-6-7-8-9-10-13-16-19-22-25-29-37(42)38(43)30-27-32-40(45)47-34-36(41)33-46-39(44)31-26-23-20-17-14-11-12-15-18-21-24-28-35(2)3/h8-9,13,16,22,25,35-38,41-43H,4-7,10-12,14-15,17-21,23-24,26-34H2,1-3H3/b9-8-,16-13-,25-22-/t36-,37?,38?/m1/s1. The number of aliphatic hydroxyl groups is 3. The topological polar surface area (TPSA) is 113 Å². The molecule has 0 aromatic rings. The number of carbonyl (C=O) groups is 2. The highest BCUT2D eigenvalue weighted by molar-refractivity contribution is 5.69. The van der Waals surface area contributed by atoms with Crippen LogP contribution in [0.3, 0.4) is 0 Å². The molecule has 0 rings (SSSR count). The predicted octanol–water partition coefficient (Wildman–Crippen LogP) is 9.47. The molecule has 0 radical (unpaired) electrons. The molecular formula is C40H72O7. The van der Waals surface area contributed by atoms with Crippen LogP contribution in [0.4, 0.5) is 0 Å². The molecule has 0 aliphatic rings. The molecular weight excluding hydrogens is 592 g/mol. The van der Waals surface area contributed by atoms with E-state index in [9.17, 15) is 24.9 Å². The van der Waals surface area contributed by atoms with Crippen molar-refractivity contribution < 1.29 is 34.4 Å². The minimum absolute atomic E-state index is 0.0718. The number of unbranched alkanes of at least 4 members (excludes halogenated alkanes) is 13. The lowest BCUT2D eigenvalue weighted by Gasteiger charge is -2.16. The summed E-state index contributed by atoms with van der Waals surface area (Å²) < 4.78 is 10.2. The van der Waals surface area contributed by atoms with Gasteiger partial charge in [-0.3, -0.25) is 9.59 Å². The Kier molecular flexibility index (Phi) is 32.5. The first-order chi connectivity index (χ1) is 22.8. The van der Waals surface area contributed by atoms with Gasteiger partial charge >= 0.3 is 11.9 Å². The van der Waals surface area contributed by atoms with Crippen molar-refractivity contribution in [3.63, 3.8) is 0 Å². The Morgan fingerprint density at radius 1 is 0.553 bits per heavy atom. The molecule has 47 heavy (non-hydrogen) atoms. The summed E-state index contributed by atoms with van der Waals surface area (Å²) in [4.78, 5) is 23.9. The molecule has 0 aliphatic heterocycles. The molecule has 0 heterocycles. The zero-order chi connectivity index (χ0) is 34.8. The molecule has 0 saturated carbocycles. The van der Waals surface area contributed by atoms with Crippen LogP contribution < -0.4 is 0 Å². The number of aliphatic hydroxyl groups excluding tert-OH is 3. The minimum atomic E-state index is -1.07. The summed E-state index contributed by atoms with van der Waals surface area (Å²) in [5, 5.41) is 30.3. The van der Waals surface area contributed by atoms with Gasteiger partial charge in [0.1, 0.15) is 19.3 Å². The Bertz CT molecular complexity index is 804. The molecule has 3 atom stereocenters. The molecule has 0 saturated heterocycles. The van der Waals surface area contributed by atoms with Gasteiger partial charge in [0, 0.05) is 12.8 Å². The Labute approximate surface area is 288 Å². The van der Waals surface area contributed by atoms with Crippen LogP contribution in [-0.2, 0) is 19.1 Å². The number of hydrogen-bond acceptors (Lipinski definition) is 7. The van der Waals surface area contributed by atoms with Crippen molar-refractivity contribution in [3.05, 3.63) is 36.5 Å². The second-order valence-electron chi connectivity index (χ2n) is 13.5. The van der Waals surface area contributed by atoms with E-state index in [2.05, 4.69) is 45.1 Å². The maximum absolute atomic E-state index is 12.0. The van der Waals surface area contributed by atoms with Crippen molar-refractivity contribution in [2.45, 2.75) is 187 Å². The number of esters is 2. The van der Waals surface area contributed by atoms with Gasteiger partial charge in [0.05, 0.1) is 12.2 Å². The normalized spacial score (nSPS) is 14.0. The zero-order valence-electron chi connectivity index (χ0n) is 30.4. The van der Waals surface area contributed by atoms with Crippen LogP contribution >= 0.6 is 0 Å². The Balaban J connectivity index is 3.70. The van der Waals surface area contributed by atoms with Crippen LogP contribution in [0.2, 0.25) is 0 Å². The maximum atomic E-state index is 12.0. The van der Waals surface area contributed by atoms with E-state index >= 15 is 0 Å². The summed E-state index contributed by atoms with van der Waals surface area (Å²) in [5.41, 5.74) is 0. The van der Waals surface area contributed by atoms with Gasteiger partial charge in [-0.1, -0.05) is 141 Å². The average Bonchev–Trinajstić information content (AvgIpc) is 3.05. The number of hydrogen-bond donors (Lipinski definition) is 3. The number of carbonyl (C=O) groups excluding carboxylic acids is 2. The molecule has 0 spiro atoms. The second-order valence-corrected chi connectivity index (χ2v) is 13.5. The molecule has 7 nitrogen and oxygen atoms in total. The van der Waals surface area contributed by atoms with Gasteiger partial charge < -0.3 is 24.8 Å². The molecule has 0 fully saturated rings. The lowest BCUT2D eigenvalue weighted by Crippen LogP contribution is -2.26. The number of rotatable bonds is 33. The molecule has 0 aromatic heterocycles. The van der Waals surface area contributed by atoms with Gasteiger partial charge in [0.2, 0.25) is 0 Å². The van der Waals surface area contributed by atoms with Gasteiger partial charge in [-0.15, -0.1) is 0 Å². The minimum Gasteiger partial charge on any atom is -0.463 e. The third-order valence-electron chi connectivity index (χ3n) is 8.26. The molecule has 7 heteroatoms. The molecule has 274 valence electrons. The maximum Gasteiger partial charge on any atom is 0.305 e. The smallest absolute Gasteiger partial charge is 0.305 e. The molecule has 0 amide bonds. The fraction of sp³-hybridized carbons (Fsp3) is 0.800. The van der Waals surface area contributed by atoms with Gasteiger partial charge in [-0.25, -0.2) is 0 Å². The van der Waals surface area contributed by atoms with E-state index in [1.165, 1.54) is 77.0 Å². The second kappa shape index (κ2) is 33.9. The van der Waals surface area contributed by atoms with Gasteiger partial charge in [-0.05, 0) is 57.3 Å². The number of ether oxygens (including phenoxy) is 2. The van der Waals surface area contributed by atoms with Crippen molar-refractivity contribution >= 4 is 11.9 Å². The van der Waals surface area contributed by atoms with E-state index < -0.39 is 24.3 Å². The molecule has 0 aliphatic carbocycles. The van der Waals surface area contributed by atoms with Crippen LogP contribution in [0.5, 0.6) is 0 Å². The third-order valence-corrected chi connectivity index (χ3v) is 8.26. The highest BCUT2D eigenvalue weighted by atomic mass is 16.6. The largest absolute Gasteiger partial charge is 0.463 e. The Morgan fingerprint density at radius 3 is 1.60 bits per heavy atom. The summed E-state index contributed by atoms with van der Waals surface area (Å²) >= 11 is 0. The van der Waals surface area contributed by atoms with Crippen LogP contribution in [0.1, 0.15) is 168 Å². The fourth-order valence-corrected chi connectivity index (χ4v) is 5.20. The SMILES string of the molecule is CCCCC/C=C\C/C=C\C/C=C\CC(O)C(O)CCCC(=O)OC[C@H](O)COC(=O)CCCCCCCCCCCCCC(C)C. The molecule has 3 N–H and O–H groups in total. The quantitative estimate of drug-likeness (QED) is 0.0364. The van der Waals surface area contributed by atoms with E-state index in [1.807, 2.05) is 12.2 Å². The Hall–Kier alpha value is -1.96. The van der Waals surface area contributed by atoms with E-state index in [4.69, 9.17) is 9.47 Å². The third kappa shape index (κ3) is 33.7. The van der Waals surface area contributed by atoms with Crippen molar-refractivity contribution in [2.75, 3.05) is 13.2 Å². The summed E-state index contributed by atoms with van der Waals surface area (Å²) in [7, 11) is 0. The van der Waals surface area contributed by atoms with Crippen molar-refractivity contribution in [1.82, 2.24) is 0 Å². The van der Waals surface area contributed by atoms with Gasteiger partial charge in [0.25, 0.3) is 0 Å². The lowest BCUT2D eigenvalue weighted by atomic mass is 10.0. The fourth-order valence-electron chi connectivity index (χ4n) is 5.20. The van der Waals surface area contributed by atoms with Crippen molar-refractivity contribution in [2.24, 2.45) is 5.92 Å². The molecule has 0 aromatic carbocycles. The van der Waals surface area contributed by atoms with E-state index in [0.717, 1.165) is 44.4 Å². The van der Waals surface area contributed by atoms with Crippen molar-refractivity contribution in [3.8, 4) is 0 Å². The molecule has 0 bridgehead atoms. The summed E-state index contributed by atoms with van der Waals surface area (Å²) in [6.45, 7) is 6.34. The highest BCUT2D eigenvalue weighted by Crippen LogP contribution is 2.14. The lowest BCUT2D eigenvalue weighted by molar-refractivity contribution is -0.152. The van der Waals surface area contributed by atoms with E-state index in [-0.39, 0.29) is 32.0 Å². The summed E-state index contributed by atoms with van der Waals surface area (Å²) in [6, 6.07) is 0. The first kappa shape index (κ1) is 45.0. The molecule has 2 unspecified atom stereocenters. The summed E-state index contributed by atoms with van der Waals surface area (Å²) in [6.07, 6.45) is 32.4. The van der Waals surface area contributed by atoms with Crippen LogP contribution in [0.25, 0.3) is 0 Å². The van der Waals surface area contributed by atoms with Crippen LogP contribution in [-0.4, -0.2) is 58.8 Å². The van der Waals surface area contributed by atoms with E-state index in [1.54, 1.807) is 0 Å².